The topological polar surface area (TPSA) is 101 Å². The van der Waals surface area contributed by atoms with Crippen LogP contribution in [0.25, 0.3) is 11.6 Å². The van der Waals surface area contributed by atoms with E-state index in [2.05, 4.69) is 25.3 Å². The molecule has 7 nitrogen and oxygen atoms in total. The Balaban J connectivity index is 1.54. The summed E-state index contributed by atoms with van der Waals surface area (Å²) in [6.07, 6.45) is 7.29. The predicted octanol–water partition coefficient (Wildman–Crippen LogP) is 3.26. The van der Waals surface area contributed by atoms with Gasteiger partial charge in [-0.15, -0.1) is 0 Å². The Bertz CT molecular complexity index is 1110. The number of benzene rings is 1. The average molecular weight is 421 g/mol. The van der Waals surface area contributed by atoms with Gasteiger partial charge in [0.15, 0.2) is 11.6 Å². The van der Waals surface area contributed by atoms with Crippen LogP contribution in [0, 0.1) is 18.7 Å². The van der Waals surface area contributed by atoms with Gasteiger partial charge in [-0.1, -0.05) is 25.0 Å². The van der Waals surface area contributed by atoms with Crippen molar-refractivity contribution in [3.05, 3.63) is 75.7 Å². The summed E-state index contributed by atoms with van der Waals surface area (Å²) in [6.45, 7) is 1.69. The highest BCUT2D eigenvalue weighted by atomic mass is 19.1. The summed E-state index contributed by atoms with van der Waals surface area (Å²) in [5, 5.41) is 3.08. The molecule has 1 aromatic carbocycles. The molecule has 2 aromatic heterocycles. The third-order valence-corrected chi connectivity index (χ3v) is 5.75. The monoisotopic (exact) mass is 421 g/mol. The molecule has 2 heterocycles. The molecule has 1 aliphatic carbocycles. The summed E-state index contributed by atoms with van der Waals surface area (Å²) in [7, 11) is 0. The summed E-state index contributed by atoms with van der Waals surface area (Å²) >= 11 is 0. The number of nitrogens with one attached hydrogen (secondary N) is 2. The van der Waals surface area contributed by atoms with Gasteiger partial charge in [-0.05, 0) is 49.4 Å². The maximum Gasteiger partial charge on any atom is 0.255 e. The maximum atomic E-state index is 13.4. The van der Waals surface area contributed by atoms with Gasteiger partial charge in [-0.3, -0.25) is 9.59 Å². The molecule has 1 aliphatic rings. The SMILES string of the molecule is Cc1nc(-c2ncccn2)[nH]c(=O)c1CC(=O)NC(c1ccc(F)cc1)C1CCCC1. The molecule has 1 amide bonds. The van der Waals surface area contributed by atoms with Crippen LogP contribution in [0.1, 0.15) is 48.5 Å². The van der Waals surface area contributed by atoms with Crippen molar-refractivity contribution >= 4 is 5.91 Å². The molecule has 0 saturated heterocycles. The minimum Gasteiger partial charge on any atom is -0.349 e. The number of hydrogen-bond acceptors (Lipinski definition) is 5. The van der Waals surface area contributed by atoms with Crippen molar-refractivity contribution in [3.8, 4) is 11.6 Å². The second kappa shape index (κ2) is 9.16. The molecule has 2 N–H and O–H groups in total. The van der Waals surface area contributed by atoms with Crippen LogP contribution >= 0.6 is 0 Å². The fourth-order valence-electron chi connectivity index (χ4n) is 4.17. The standard InChI is InChI=1S/C23H24FN5O2/c1-14-18(23(31)29-22(27-14)21-25-11-4-12-26-21)13-19(30)28-20(15-5-2-3-6-15)16-7-9-17(24)10-8-16/h4,7-12,15,20H,2-3,5-6,13H2,1H3,(H,28,30)(H,27,29,31). The molecule has 31 heavy (non-hydrogen) atoms. The summed E-state index contributed by atoms with van der Waals surface area (Å²) in [5.74, 6) is 0.305. The number of aryl methyl sites for hydroxylation is 1. The maximum absolute atomic E-state index is 13.4. The highest BCUT2D eigenvalue weighted by Gasteiger charge is 2.28. The van der Waals surface area contributed by atoms with Gasteiger partial charge in [0.1, 0.15) is 5.82 Å². The first kappa shape index (κ1) is 20.8. The van der Waals surface area contributed by atoms with Crippen LogP contribution in [0.15, 0.2) is 47.5 Å². The molecule has 1 fully saturated rings. The molecular weight excluding hydrogens is 397 g/mol. The predicted molar refractivity (Wildman–Crippen MR) is 114 cm³/mol. The van der Waals surface area contributed by atoms with Gasteiger partial charge in [0.2, 0.25) is 5.91 Å². The van der Waals surface area contributed by atoms with E-state index in [4.69, 9.17) is 0 Å². The molecule has 160 valence electrons. The smallest absolute Gasteiger partial charge is 0.255 e. The van der Waals surface area contributed by atoms with E-state index in [0.717, 1.165) is 31.2 Å². The zero-order valence-electron chi connectivity index (χ0n) is 17.3. The number of nitrogens with zero attached hydrogens (tertiary/aromatic N) is 3. The van der Waals surface area contributed by atoms with Gasteiger partial charge in [-0.25, -0.2) is 19.3 Å². The third-order valence-electron chi connectivity index (χ3n) is 5.75. The summed E-state index contributed by atoms with van der Waals surface area (Å²) in [5.41, 5.74) is 1.26. The summed E-state index contributed by atoms with van der Waals surface area (Å²) in [6, 6.07) is 7.72. The van der Waals surface area contributed by atoms with Crippen LogP contribution in [-0.4, -0.2) is 25.8 Å². The van der Waals surface area contributed by atoms with Crippen molar-refractivity contribution in [1.82, 2.24) is 25.3 Å². The lowest BCUT2D eigenvalue weighted by Crippen LogP contribution is -2.35. The number of aromatic nitrogens is 4. The largest absolute Gasteiger partial charge is 0.349 e. The van der Waals surface area contributed by atoms with Crippen molar-refractivity contribution in [2.75, 3.05) is 0 Å². The number of hydrogen-bond donors (Lipinski definition) is 2. The molecule has 0 spiro atoms. The molecule has 3 aromatic rings. The quantitative estimate of drug-likeness (QED) is 0.636. The molecule has 1 atom stereocenters. The third kappa shape index (κ3) is 4.84. The van der Waals surface area contributed by atoms with Crippen LogP contribution < -0.4 is 10.9 Å². The number of rotatable bonds is 6. The number of H-pyrrole nitrogens is 1. The Hall–Kier alpha value is -3.42. The highest BCUT2D eigenvalue weighted by molar-refractivity contribution is 5.79. The average Bonchev–Trinajstić information content (AvgIpc) is 3.30. The van der Waals surface area contributed by atoms with Gasteiger partial charge in [-0.2, -0.15) is 0 Å². The first-order valence-corrected chi connectivity index (χ1v) is 10.4. The van der Waals surface area contributed by atoms with Crippen LogP contribution in [-0.2, 0) is 11.2 Å². The fourth-order valence-corrected chi connectivity index (χ4v) is 4.17. The van der Waals surface area contributed by atoms with Crippen molar-refractivity contribution in [2.24, 2.45) is 5.92 Å². The van der Waals surface area contributed by atoms with E-state index >= 15 is 0 Å². The Morgan fingerprint density at radius 1 is 1.19 bits per heavy atom. The zero-order valence-corrected chi connectivity index (χ0v) is 17.3. The van der Waals surface area contributed by atoms with E-state index in [1.54, 1.807) is 37.5 Å². The lowest BCUT2D eigenvalue weighted by Gasteiger charge is -2.25. The molecule has 0 aliphatic heterocycles. The zero-order chi connectivity index (χ0) is 21.8. The lowest BCUT2D eigenvalue weighted by molar-refractivity contribution is -0.121. The van der Waals surface area contributed by atoms with Gasteiger partial charge >= 0.3 is 0 Å². The second-order valence-electron chi connectivity index (χ2n) is 7.87. The molecule has 1 saturated carbocycles. The van der Waals surface area contributed by atoms with Crippen molar-refractivity contribution < 1.29 is 9.18 Å². The first-order valence-electron chi connectivity index (χ1n) is 10.4. The normalized spacial score (nSPS) is 15.0. The molecule has 0 radical (unpaired) electrons. The number of halogens is 1. The van der Waals surface area contributed by atoms with Crippen molar-refractivity contribution in [3.63, 3.8) is 0 Å². The van der Waals surface area contributed by atoms with E-state index in [1.165, 1.54) is 12.1 Å². The van der Waals surface area contributed by atoms with Gasteiger partial charge < -0.3 is 10.3 Å². The van der Waals surface area contributed by atoms with E-state index in [9.17, 15) is 14.0 Å². The lowest BCUT2D eigenvalue weighted by atomic mass is 9.91. The molecular formula is C23H24FN5O2. The fraction of sp³-hybridized carbons (Fsp3) is 0.348. The van der Waals surface area contributed by atoms with Crippen molar-refractivity contribution in [2.45, 2.75) is 45.1 Å². The Labute approximate surface area is 179 Å². The second-order valence-corrected chi connectivity index (χ2v) is 7.87. The molecule has 1 unspecified atom stereocenters. The van der Waals surface area contributed by atoms with Gasteiger partial charge in [0.25, 0.3) is 5.56 Å². The van der Waals surface area contributed by atoms with E-state index in [0.29, 0.717) is 23.0 Å². The Kier molecular flexibility index (Phi) is 6.16. The first-order chi connectivity index (χ1) is 15.0. The van der Waals surface area contributed by atoms with Crippen LogP contribution in [0.3, 0.4) is 0 Å². The summed E-state index contributed by atoms with van der Waals surface area (Å²) < 4.78 is 13.4. The minimum atomic E-state index is -0.385. The van der Waals surface area contributed by atoms with Crippen LogP contribution in [0.4, 0.5) is 4.39 Å². The number of amides is 1. The molecule has 4 rings (SSSR count). The van der Waals surface area contributed by atoms with E-state index < -0.39 is 0 Å². The highest BCUT2D eigenvalue weighted by Crippen LogP contribution is 2.35. The number of carbonyl (C=O) groups is 1. The van der Waals surface area contributed by atoms with Gasteiger partial charge in [0, 0.05) is 23.7 Å². The summed E-state index contributed by atoms with van der Waals surface area (Å²) in [4.78, 5) is 40.8. The van der Waals surface area contributed by atoms with E-state index in [1.807, 2.05) is 0 Å². The molecule has 8 heteroatoms. The van der Waals surface area contributed by atoms with Crippen molar-refractivity contribution in [1.29, 1.82) is 0 Å². The minimum absolute atomic E-state index is 0.0888. The van der Waals surface area contributed by atoms with E-state index in [-0.39, 0.29) is 35.6 Å². The Morgan fingerprint density at radius 2 is 1.87 bits per heavy atom. The molecule has 0 bridgehead atoms. The van der Waals surface area contributed by atoms with Gasteiger partial charge in [0.05, 0.1) is 12.5 Å². The van der Waals surface area contributed by atoms with Crippen LogP contribution in [0.2, 0.25) is 0 Å². The number of aromatic amines is 1. The Morgan fingerprint density at radius 3 is 2.52 bits per heavy atom. The van der Waals surface area contributed by atoms with Crippen LogP contribution in [0.5, 0.6) is 0 Å². The number of carbonyl (C=O) groups excluding carboxylic acids is 1.